The van der Waals surface area contributed by atoms with Crippen LogP contribution in [0.1, 0.15) is 38.1 Å². The summed E-state index contributed by atoms with van der Waals surface area (Å²) < 4.78 is 1.95. The Hall–Kier alpha value is -1.09. The summed E-state index contributed by atoms with van der Waals surface area (Å²) in [4.78, 5) is 0.366. The summed E-state index contributed by atoms with van der Waals surface area (Å²) in [6, 6.07) is 10.2. The lowest BCUT2D eigenvalue weighted by Gasteiger charge is -2.09. The van der Waals surface area contributed by atoms with Gasteiger partial charge in [0.15, 0.2) is 0 Å². The molecule has 106 valence electrons. The van der Waals surface area contributed by atoms with Gasteiger partial charge in [-0.25, -0.2) is 4.68 Å². The largest absolute Gasteiger partial charge is 0.241 e. The van der Waals surface area contributed by atoms with E-state index < -0.39 is 0 Å². The maximum atomic E-state index is 4.50. The van der Waals surface area contributed by atoms with Crippen LogP contribution in [0.15, 0.2) is 42.7 Å². The van der Waals surface area contributed by atoms with Gasteiger partial charge in [0.05, 0.1) is 11.9 Å². The average molecular weight is 333 g/mol. The van der Waals surface area contributed by atoms with Crippen LogP contribution in [0, 0.1) is 16.7 Å². The summed E-state index contributed by atoms with van der Waals surface area (Å²) in [5.74, 6) is 0.642. The van der Waals surface area contributed by atoms with E-state index in [2.05, 4.69) is 67.1 Å². The number of nitrogens with zero attached hydrogens (tertiary/aromatic N) is 2. The van der Waals surface area contributed by atoms with E-state index in [1.54, 1.807) is 0 Å². The summed E-state index contributed by atoms with van der Waals surface area (Å²) in [6.45, 7) is 9.42. The maximum Gasteiger partial charge on any atom is 0.0645 e. The highest BCUT2D eigenvalue weighted by molar-refractivity contribution is 9.09. The number of hydrogen-bond acceptors (Lipinski definition) is 1. The Morgan fingerprint density at radius 2 is 1.70 bits per heavy atom. The number of benzene rings is 1. The zero-order chi connectivity index (χ0) is 14.5. The number of para-hydroxylation sites is 1. The molecular weight excluding hydrogens is 312 g/mol. The smallest absolute Gasteiger partial charge is 0.0645 e. The second-order valence-electron chi connectivity index (χ2n) is 6.88. The zero-order valence-corrected chi connectivity index (χ0v) is 14.1. The number of rotatable bonds is 3. The topological polar surface area (TPSA) is 17.8 Å². The first-order valence-corrected chi connectivity index (χ1v) is 8.01. The Labute approximate surface area is 129 Å². The first-order chi connectivity index (χ1) is 9.35. The quantitative estimate of drug-likeness (QED) is 0.724. The van der Waals surface area contributed by atoms with Gasteiger partial charge in [0.1, 0.15) is 0 Å². The third-order valence-electron chi connectivity index (χ3n) is 5.37. The van der Waals surface area contributed by atoms with Crippen LogP contribution in [-0.4, -0.2) is 9.78 Å². The molecule has 1 unspecified atom stereocenters. The molecule has 0 saturated heterocycles. The number of halogens is 1. The summed E-state index contributed by atoms with van der Waals surface area (Å²) in [5, 5.41) is 4.50. The normalized spacial score (nSPS) is 21.6. The molecule has 0 bridgehead atoms. The van der Waals surface area contributed by atoms with Crippen LogP contribution in [-0.2, 0) is 0 Å². The van der Waals surface area contributed by atoms with Crippen molar-refractivity contribution in [2.75, 3.05) is 0 Å². The van der Waals surface area contributed by atoms with E-state index in [4.69, 9.17) is 0 Å². The molecular formula is C17H21BrN2. The highest BCUT2D eigenvalue weighted by atomic mass is 79.9. The van der Waals surface area contributed by atoms with E-state index in [0.717, 1.165) is 5.69 Å². The van der Waals surface area contributed by atoms with E-state index >= 15 is 0 Å². The minimum absolute atomic E-state index is 0.366. The van der Waals surface area contributed by atoms with Crippen LogP contribution >= 0.6 is 15.9 Å². The van der Waals surface area contributed by atoms with Gasteiger partial charge in [-0.3, -0.25) is 0 Å². The van der Waals surface area contributed by atoms with Crippen molar-refractivity contribution in [2.45, 2.75) is 32.5 Å². The molecule has 1 heterocycles. The fourth-order valence-corrected chi connectivity index (χ4v) is 4.93. The van der Waals surface area contributed by atoms with Crippen LogP contribution in [0.2, 0.25) is 0 Å². The zero-order valence-electron chi connectivity index (χ0n) is 12.5. The molecule has 1 saturated carbocycles. The molecule has 2 aromatic rings. The van der Waals surface area contributed by atoms with Crippen LogP contribution < -0.4 is 0 Å². The van der Waals surface area contributed by atoms with E-state index in [-0.39, 0.29) is 0 Å². The van der Waals surface area contributed by atoms with E-state index in [9.17, 15) is 0 Å². The third-order valence-corrected chi connectivity index (χ3v) is 6.42. The van der Waals surface area contributed by atoms with Crippen LogP contribution in [0.5, 0.6) is 0 Å². The SMILES string of the molecule is CC1(C)C(C(Br)c2cnn(-c3ccccc3)c2)C1(C)C. The summed E-state index contributed by atoms with van der Waals surface area (Å²) in [6.07, 6.45) is 4.12. The van der Waals surface area contributed by atoms with Gasteiger partial charge in [-0.15, -0.1) is 0 Å². The minimum Gasteiger partial charge on any atom is -0.241 e. The molecule has 0 spiro atoms. The second-order valence-corrected chi connectivity index (χ2v) is 7.86. The predicted molar refractivity (Wildman–Crippen MR) is 86.3 cm³/mol. The van der Waals surface area contributed by atoms with Gasteiger partial charge in [-0.1, -0.05) is 61.8 Å². The van der Waals surface area contributed by atoms with E-state index in [0.29, 0.717) is 21.6 Å². The van der Waals surface area contributed by atoms with Crippen molar-refractivity contribution < 1.29 is 0 Å². The first-order valence-electron chi connectivity index (χ1n) is 7.10. The lowest BCUT2D eigenvalue weighted by molar-refractivity contribution is 0.457. The van der Waals surface area contributed by atoms with Crippen molar-refractivity contribution in [1.29, 1.82) is 0 Å². The minimum atomic E-state index is 0.366. The highest BCUT2D eigenvalue weighted by Crippen LogP contribution is 2.73. The molecule has 1 aliphatic carbocycles. The molecule has 1 aliphatic rings. The summed E-state index contributed by atoms with van der Waals surface area (Å²) in [5.41, 5.74) is 3.11. The Balaban J connectivity index is 1.85. The molecule has 20 heavy (non-hydrogen) atoms. The molecule has 1 atom stereocenters. The molecule has 0 aliphatic heterocycles. The van der Waals surface area contributed by atoms with Gasteiger partial charge < -0.3 is 0 Å². The van der Waals surface area contributed by atoms with Gasteiger partial charge in [-0.2, -0.15) is 5.10 Å². The predicted octanol–water partition coefficient (Wildman–Crippen LogP) is 4.99. The first kappa shape index (κ1) is 13.9. The second kappa shape index (κ2) is 4.45. The molecule has 1 aromatic heterocycles. The van der Waals surface area contributed by atoms with Crippen LogP contribution in [0.4, 0.5) is 0 Å². The lowest BCUT2D eigenvalue weighted by Crippen LogP contribution is -1.98. The molecule has 0 N–H and O–H groups in total. The van der Waals surface area contributed by atoms with Crippen molar-refractivity contribution in [3.63, 3.8) is 0 Å². The number of alkyl halides is 1. The Morgan fingerprint density at radius 1 is 1.10 bits per heavy atom. The standard InChI is InChI=1S/C17H21BrN2/c1-16(2)15(17(16,3)4)14(18)12-10-19-20(11-12)13-8-6-5-7-9-13/h5-11,14-15H,1-4H3. The van der Waals surface area contributed by atoms with Crippen molar-refractivity contribution in [3.05, 3.63) is 48.3 Å². The Bertz CT molecular complexity index is 599. The summed E-state index contributed by atoms with van der Waals surface area (Å²) in [7, 11) is 0. The van der Waals surface area contributed by atoms with Crippen LogP contribution in [0.3, 0.4) is 0 Å². The number of hydrogen-bond donors (Lipinski definition) is 0. The molecule has 2 nitrogen and oxygen atoms in total. The van der Waals surface area contributed by atoms with Gasteiger partial charge in [0, 0.05) is 16.6 Å². The van der Waals surface area contributed by atoms with Gasteiger partial charge >= 0.3 is 0 Å². The maximum absolute atomic E-state index is 4.50. The highest BCUT2D eigenvalue weighted by Gasteiger charge is 2.66. The Kier molecular flexibility index (Phi) is 3.09. The molecule has 1 fully saturated rings. The molecule has 3 rings (SSSR count). The van der Waals surface area contributed by atoms with Crippen molar-refractivity contribution >= 4 is 15.9 Å². The molecule has 0 amide bonds. The molecule has 0 radical (unpaired) electrons. The fraction of sp³-hybridized carbons (Fsp3) is 0.471. The van der Waals surface area contributed by atoms with E-state index in [1.807, 2.05) is 29.1 Å². The van der Waals surface area contributed by atoms with E-state index in [1.165, 1.54) is 5.56 Å². The molecule has 3 heteroatoms. The molecule has 1 aromatic carbocycles. The number of aromatic nitrogens is 2. The van der Waals surface area contributed by atoms with Crippen molar-refractivity contribution in [3.8, 4) is 5.69 Å². The summed E-state index contributed by atoms with van der Waals surface area (Å²) >= 11 is 3.90. The van der Waals surface area contributed by atoms with Crippen molar-refractivity contribution in [2.24, 2.45) is 16.7 Å². The Morgan fingerprint density at radius 3 is 2.25 bits per heavy atom. The van der Waals surface area contributed by atoms with Gasteiger partial charge in [-0.05, 0) is 28.9 Å². The third kappa shape index (κ3) is 1.95. The van der Waals surface area contributed by atoms with Crippen LogP contribution in [0.25, 0.3) is 5.69 Å². The lowest BCUT2D eigenvalue weighted by atomic mass is 10.0. The average Bonchev–Trinajstić information content (AvgIpc) is 2.76. The van der Waals surface area contributed by atoms with Gasteiger partial charge in [0.2, 0.25) is 0 Å². The monoisotopic (exact) mass is 332 g/mol. The fourth-order valence-electron chi connectivity index (χ4n) is 3.37. The van der Waals surface area contributed by atoms with Gasteiger partial charge in [0.25, 0.3) is 0 Å². The van der Waals surface area contributed by atoms with Crippen molar-refractivity contribution in [1.82, 2.24) is 9.78 Å².